The van der Waals surface area contributed by atoms with E-state index in [1.807, 2.05) is 19.1 Å². The number of ether oxygens (including phenoxy) is 1. The zero-order valence-electron chi connectivity index (χ0n) is 11.7. The van der Waals surface area contributed by atoms with Gasteiger partial charge in [0.15, 0.2) is 0 Å². The lowest BCUT2D eigenvalue weighted by atomic mass is 9.92. The van der Waals surface area contributed by atoms with E-state index in [4.69, 9.17) is 4.74 Å². The molecule has 0 atom stereocenters. The Kier molecular flexibility index (Phi) is 5.14. The van der Waals surface area contributed by atoms with Crippen LogP contribution in [0, 0.1) is 5.41 Å². The van der Waals surface area contributed by atoms with Crippen molar-refractivity contribution in [2.45, 2.75) is 34.1 Å². The molecule has 0 saturated heterocycles. The lowest BCUT2D eigenvalue weighted by molar-refractivity contribution is 0.0526. The molecule has 0 bridgehead atoms. The molecule has 0 heterocycles. The topological polar surface area (TPSA) is 26.3 Å². The van der Waals surface area contributed by atoms with Gasteiger partial charge in [0.2, 0.25) is 0 Å². The second kappa shape index (κ2) is 6.39. The van der Waals surface area contributed by atoms with Gasteiger partial charge >= 0.3 is 5.97 Å². The van der Waals surface area contributed by atoms with Crippen molar-refractivity contribution in [1.29, 1.82) is 0 Å². The molecule has 1 rings (SSSR count). The molecule has 0 amide bonds. The van der Waals surface area contributed by atoms with Crippen molar-refractivity contribution in [3.63, 3.8) is 0 Å². The molecular weight excluding hydrogens is 224 g/mol. The largest absolute Gasteiger partial charge is 0.462 e. The summed E-state index contributed by atoms with van der Waals surface area (Å²) >= 11 is 0. The molecule has 0 aromatic heterocycles. The number of carbonyl (C=O) groups excluding carboxylic acids is 1. The van der Waals surface area contributed by atoms with Gasteiger partial charge < -0.3 is 4.74 Å². The van der Waals surface area contributed by atoms with Crippen LogP contribution in [0.2, 0.25) is 0 Å². The van der Waals surface area contributed by atoms with E-state index in [1.165, 1.54) is 0 Å². The van der Waals surface area contributed by atoms with Gasteiger partial charge in [-0.2, -0.15) is 0 Å². The van der Waals surface area contributed by atoms with Crippen molar-refractivity contribution in [3.05, 3.63) is 41.5 Å². The summed E-state index contributed by atoms with van der Waals surface area (Å²) in [6, 6.07) is 7.47. The van der Waals surface area contributed by atoms with E-state index in [-0.39, 0.29) is 5.97 Å². The minimum atomic E-state index is -0.261. The highest BCUT2D eigenvalue weighted by Crippen LogP contribution is 2.19. The molecule has 2 heteroatoms. The number of rotatable bonds is 4. The average Bonchev–Trinajstić information content (AvgIpc) is 2.28. The fraction of sp³-hybridized carbons (Fsp3) is 0.438. The zero-order valence-corrected chi connectivity index (χ0v) is 11.7. The molecule has 0 N–H and O–H groups in total. The van der Waals surface area contributed by atoms with Gasteiger partial charge in [0.25, 0.3) is 0 Å². The maximum absolute atomic E-state index is 11.5. The van der Waals surface area contributed by atoms with Crippen LogP contribution in [0.25, 0.3) is 6.08 Å². The summed E-state index contributed by atoms with van der Waals surface area (Å²) in [5.41, 5.74) is 2.01. The van der Waals surface area contributed by atoms with Crippen molar-refractivity contribution in [2.75, 3.05) is 6.61 Å². The van der Waals surface area contributed by atoms with Crippen molar-refractivity contribution in [3.8, 4) is 0 Å². The molecule has 0 unspecified atom stereocenters. The van der Waals surface area contributed by atoms with Gasteiger partial charge in [-0.15, -0.1) is 0 Å². The molecule has 2 nitrogen and oxygen atoms in total. The van der Waals surface area contributed by atoms with Gasteiger partial charge in [0.05, 0.1) is 12.2 Å². The Bertz CT molecular complexity index is 408. The molecular formula is C16H22O2. The van der Waals surface area contributed by atoms with Crippen LogP contribution in [-0.2, 0) is 4.74 Å². The predicted octanol–water partition coefficient (Wildman–Crippen LogP) is 4.31. The summed E-state index contributed by atoms with van der Waals surface area (Å²) in [4.78, 5) is 11.5. The number of esters is 1. The molecule has 1 aromatic rings. The number of allylic oxidation sites excluding steroid dienone is 1. The lowest BCUT2D eigenvalue weighted by Gasteiger charge is -2.14. The molecule has 98 valence electrons. The van der Waals surface area contributed by atoms with Crippen LogP contribution in [0.5, 0.6) is 0 Å². The maximum Gasteiger partial charge on any atom is 0.338 e. The summed E-state index contributed by atoms with van der Waals surface area (Å²) in [6.45, 7) is 8.84. The fourth-order valence-corrected chi connectivity index (χ4v) is 1.49. The van der Waals surface area contributed by atoms with Crippen LogP contribution >= 0.6 is 0 Å². The Morgan fingerprint density at radius 3 is 2.33 bits per heavy atom. The van der Waals surface area contributed by atoms with Gasteiger partial charge in [-0.25, -0.2) is 4.79 Å². The van der Waals surface area contributed by atoms with Gasteiger partial charge in [-0.05, 0) is 36.5 Å². The van der Waals surface area contributed by atoms with E-state index < -0.39 is 0 Å². The first-order valence-corrected chi connectivity index (χ1v) is 6.36. The van der Waals surface area contributed by atoms with Crippen LogP contribution in [-0.4, -0.2) is 12.6 Å². The van der Waals surface area contributed by atoms with Crippen molar-refractivity contribution in [1.82, 2.24) is 0 Å². The van der Waals surface area contributed by atoms with E-state index in [2.05, 4.69) is 32.9 Å². The molecule has 18 heavy (non-hydrogen) atoms. The minimum absolute atomic E-state index is 0.261. The Morgan fingerprint density at radius 1 is 1.22 bits per heavy atom. The normalized spacial score (nSPS) is 11.8. The van der Waals surface area contributed by atoms with E-state index in [9.17, 15) is 4.79 Å². The first-order chi connectivity index (χ1) is 8.42. The maximum atomic E-state index is 11.5. The number of carbonyl (C=O) groups is 1. The Balaban J connectivity index is 2.63. The molecule has 0 aliphatic carbocycles. The average molecular weight is 246 g/mol. The minimum Gasteiger partial charge on any atom is -0.462 e. The Morgan fingerprint density at radius 2 is 1.83 bits per heavy atom. The van der Waals surface area contributed by atoms with Crippen LogP contribution < -0.4 is 0 Å². The van der Waals surface area contributed by atoms with Crippen molar-refractivity contribution in [2.24, 2.45) is 5.41 Å². The predicted molar refractivity (Wildman–Crippen MR) is 75.5 cm³/mol. The molecule has 0 fully saturated rings. The van der Waals surface area contributed by atoms with Gasteiger partial charge in [-0.1, -0.05) is 45.1 Å². The summed E-state index contributed by atoms with van der Waals surface area (Å²) in [5.74, 6) is -0.261. The van der Waals surface area contributed by atoms with Crippen LogP contribution in [0.15, 0.2) is 30.3 Å². The lowest BCUT2D eigenvalue weighted by Crippen LogP contribution is -2.04. The first kappa shape index (κ1) is 14.5. The molecule has 0 radical (unpaired) electrons. The van der Waals surface area contributed by atoms with Gasteiger partial charge in [-0.3, -0.25) is 0 Å². The second-order valence-electron chi connectivity index (χ2n) is 5.51. The first-order valence-electron chi connectivity index (χ1n) is 6.36. The standard InChI is InChI=1S/C16H22O2/c1-5-18-15(17)14-10-8-13(9-11-14)7-6-12-16(2,3)4/h6-11H,5,12H2,1-4H3/b7-6+. The summed E-state index contributed by atoms with van der Waals surface area (Å²) in [6.07, 6.45) is 5.28. The number of benzene rings is 1. The summed E-state index contributed by atoms with van der Waals surface area (Å²) in [7, 11) is 0. The van der Waals surface area contributed by atoms with E-state index in [1.54, 1.807) is 12.1 Å². The third kappa shape index (κ3) is 5.17. The smallest absolute Gasteiger partial charge is 0.338 e. The van der Waals surface area contributed by atoms with Crippen molar-refractivity contribution >= 4 is 12.0 Å². The van der Waals surface area contributed by atoms with E-state index >= 15 is 0 Å². The summed E-state index contributed by atoms with van der Waals surface area (Å²) in [5, 5.41) is 0. The van der Waals surface area contributed by atoms with Gasteiger partial charge in [0.1, 0.15) is 0 Å². The third-order valence-corrected chi connectivity index (χ3v) is 2.46. The highest BCUT2D eigenvalue weighted by molar-refractivity contribution is 5.89. The quantitative estimate of drug-likeness (QED) is 0.740. The van der Waals surface area contributed by atoms with Gasteiger partial charge in [0, 0.05) is 0 Å². The number of hydrogen-bond donors (Lipinski definition) is 0. The molecule has 0 aliphatic rings. The van der Waals surface area contributed by atoms with E-state index in [0.29, 0.717) is 17.6 Å². The number of hydrogen-bond acceptors (Lipinski definition) is 2. The van der Waals surface area contributed by atoms with Crippen LogP contribution in [0.3, 0.4) is 0 Å². The van der Waals surface area contributed by atoms with Crippen molar-refractivity contribution < 1.29 is 9.53 Å². The summed E-state index contributed by atoms with van der Waals surface area (Å²) < 4.78 is 4.94. The molecule has 0 saturated carbocycles. The Hall–Kier alpha value is -1.57. The third-order valence-electron chi connectivity index (χ3n) is 2.46. The van der Waals surface area contributed by atoms with E-state index in [0.717, 1.165) is 12.0 Å². The highest BCUT2D eigenvalue weighted by Gasteiger charge is 2.07. The van der Waals surface area contributed by atoms with Crippen LogP contribution in [0.4, 0.5) is 0 Å². The van der Waals surface area contributed by atoms with Crippen LogP contribution in [0.1, 0.15) is 50.0 Å². The molecule has 0 aliphatic heterocycles. The SMILES string of the molecule is CCOC(=O)c1ccc(/C=C/CC(C)(C)C)cc1. The molecule has 1 aromatic carbocycles. The molecule has 0 spiro atoms. The monoisotopic (exact) mass is 246 g/mol. The zero-order chi connectivity index (χ0) is 13.6. The second-order valence-corrected chi connectivity index (χ2v) is 5.51. The highest BCUT2D eigenvalue weighted by atomic mass is 16.5. The Labute approximate surface area is 110 Å². The fourth-order valence-electron chi connectivity index (χ4n) is 1.49.